The van der Waals surface area contributed by atoms with Gasteiger partial charge in [-0.1, -0.05) is 152 Å². The van der Waals surface area contributed by atoms with Crippen LogP contribution in [0.2, 0.25) is 0 Å². The molecule has 12 rings (SSSR count). The molecule has 0 bridgehead atoms. The molecule has 0 radical (unpaired) electrons. The number of nitriles is 1. The summed E-state index contributed by atoms with van der Waals surface area (Å²) >= 11 is 0. The highest BCUT2D eigenvalue weighted by molar-refractivity contribution is 6.14. The molecule has 9 heteroatoms. The van der Waals surface area contributed by atoms with Crippen molar-refractivity contribution < 1.29 is 26.3 Å². The number of fused-ring (bicyclic) bond motifs is 6. The fraction of sp³-hybridized carbons (Fsp3) is 0.0317. The van der Waals surface area contributed by atoms with Crippen LogP contribution in [0.3, 0.4) is 0 Å². The number of alkyl halides is 6. The molecular weight excluding hydrogens is 913 g/mol. The van der Waals surface area contributed by atoms with E-state index < -0.39 is 29.0 Å². The predicted molar refractivity (Wildman–Crippen MR) is 277 cm³/mol. The van der Waals surface area contributed by atoms with Gasteiger partial charge >= 0.3 is 12.4 Å². The van der Waals surface area contributed by atoms with Crippen molar-refractivity contribution in [2.24, 2.45) is 0 Å². The number of halogens is 6. The van der Waals surface area contributed by atoms with Crippen molar-refractivity contribution in [3.63, 3.8) is 0 Å². The van der Waals surface area contributed by atoms with Crippen LogP contribution < -0.4 is 0 Å². The van der Waals surface area contributed by atoms with E-state index in [9.17, 15) is 5.26 Å². The highest BCUT2D eigenvalue weighted by atomic mass is 19.4. The smallest absolute Gasteiger partial charge is 0.308 e. The van der Waals surface area contributed by atoms with Crippen molar-refractivity contribution in [1.82, 2.24) is 9.13 Å². The molecule has 72 heavy (non-hydrogen) atoms. The standard InChI is InChI=1S/C63H37F6N3/c64-62(65,66)52-22-13-23-53(63(67,68)69)60(52)61-58(71-54-28-24-44(40-14-5-1-6-15-40)34-48(54)49-35-45(25-29-55(49)71)41-16-7-2-8-17-41)32-39(38-70)33-59(61)72-56-30-26-46(42-18-9-3-10-19-42)36-50(56)51-37-47(27-31-57(51)72)43-20-11-4-12-21-43/h1-37H. The zero-order valence-electron chi connectivity index (χ0n) is 38.0. The highest BCUT2D eigenvalue weighted by Gasteiger charge is 2.43. The number of rotatable bonds is 7. The maximum Gasteiger partial charge on any atom is 0.417 e. The zero-order valence-corrected chi connectivity index (χ0v) is 38.0. The number of hydrogen-bond donors (Lipinski definition) is 0. The van der Waals surface area contributed by atoms with Gasteiger partial charge in [0.05, 0.1) is 56.2 Å². The Morgan fingerprint density at radius 1 is 0.306 bits per heavy atom. The normalized spacial score (nSPS) is 12.0. The van der Waals surface area contributed by atoms with Gasteiger partial charge in [0.1, 0.15) is 0 Å². The fourth-order valence-electron chi connectivity index (χ4n) is 10.4. The summed E-state index contributed by atoms with van der Waals surface area (Å²) in [6.07, 6.45) is -10.5. The van der Waals surface area contributed by atoms with Gasteiger partial charge in [0.2, 0.25) is 0 Å². The van der Waals surface area contributed by atoms with Crippen molar-refractivity contribution in [3.8, 4) is 73.1 Å². The molecule has 0 unspecified atom stereocenters. The van der Waals surface area contributed by atoms with E-state index in [-0.39, 0.29) is 22.5 Å². The van der Waals surface area contributed by atoms with Gasteiger partial charge in [-0.3, -0.25) is 0 Å². The first-order valence-corrected chi connectivity index (χ1v) is 23.2. The molecule has 0 spiro atoms. The second-order valence-corrected chi connectivity index (χ2v) is 17.8. The third-order valence-electron chi connectivity index (χ3n) is 13.6. The van der Waals surface area contributed by atoms with Crippen molar-refractivity contribution in [2.75, 3.05) is 0 Å². The molecule has 0 saturated heterocycles. The van der Waals surface area contributed by atoms with Crippen LogP contribution in [-0.2, 0) is 12.4 Å². The molecule has 0 aliphatic carbocycles. The predicted octanol–water partition coefficient (Wildman–Crippen LogP) is 18.1. The molecule has 0 amide bonds. The fourth-order valence-corrected chi connectivity index (χ4v) is 10.4. The van der Waals surface area contributed by atoms with E-state index in [4.69, 9.17) is 0 Å². The molecule has 346 valence electrons. The van der Waals surface area contributed by atoms with Crippen molar-refractivity contribution in [3.05, 3.63) is 241 Å². The van der Waals surface area contributed by atoms with Crippen LogP contribution in [-0.4, -0.2) is 9.13 Å². The van der Waals surface area contributed by atoms with Gasteiger partial charge in [-0.25, -0.2) is 0 Å². The minimum Gasteiger partial charge on any atom is -0.308 e. The van der Waals surface area contributed by atoms with Crippen LogP contribution in [0.15, 0.2) is 224 Å². The number of nitrogens with zero attached hydrogens (tertiary/aromatic N) is 3. The largest absolute Gasteiger partial charge is 0.417 e. The van der Waals surface area contributed by atoms with E-state index in [1.807, 2.05) is 194 Å². The Labute approximate surface area is 409 Å². The lowest BCUT2D eigenvalue weighted by molar-refractivity contribution is -0.142. The Bertz CT molecular complexity index is 3660. The van der Waals surface area contributed by atoms with Gasteiger partial charge in [0, 0.05) is 32.7 Å². The van der Waals surface area contributed by atoms with Gasteiger partial charge in [0.25, 0.3) is 0 Å². The lowest BCUT2D eigenvalue weighted by atomic mass is 9.89. The topological polar surface area (TPSA) is 33.6 Å². The minimum atomic E-state index is -5.25. The van der Waals surface area contributed by atoms with Crippen LogP contribution >= 0.6 is 0 Å². The van der Waals surface area contributed by atoms with Crippen molar-refractivity contribution in [2.45, 2.75) is 12.4 Å². The molecule has 0 N–H and O–H groups in total. The van der Waals surface area contributed by atoms with E-state index in [1.165, 1.54) is 12.1 Å². The first kappa shape index (κ1) is 44.1. The summed E-state index contributed by atoms with van der Waals surface area (Å²) in [5.74, 6) is 0. The van der Waals surface area contributed by atoms with Gasteiger partial charge in [-0.05, 0) is 117 Å². The summed E-state index contributed by atoms with van der Waals surface area (Å²) in [6.45, 7) is 0. The average Bonchev–Trinajstić information content (AvgIpc) is 3.92. The van der Waals surface area contributed by atoms with Gasteiger partial charge in [-0.2, -0.15) is 31.6 Å². The molecule has 2 heterocycles. The molecule has 0 fully saturated rings. The number of aromatic nitrogens is 2. The summed E-state index contributed by atoms with van der Waals surface area (Å²) in [6, 6.07) is 69.1. The summed E-state index contributed by atoms with van der Waals surface area (Å²) in [4.78, 5) is 0. The Morgan fingerprint density at radius 2 is 0.597 bits per heavy atom. The Kier molecular flexibility index (Phi) is 10.5. The maximum atomic E-state index is 15.8. The molecule has 10 aromatic carbocycles. The molecule has 12 aromatic rings. The van der Waals surface area contributed by atoms with E-state index in [0.29, 0.717) is 55.7 Å². The monoisotopic (exact) mass is 949 g/mol. The number of hydrogen-bond acceptors (Lipinski definition) is 1. The second kappa shape index (κ2) is 17.1. The van der Waals surface area contributed by atoms with E-state index in [0.717, 1.165) is 50.6 Å². The first-order chi connectivity index (χ1) is 34.9. The van der Waals surface area contributed by atoms with Gasteiger partial charge < -0.3 is 9.13 Å². The van der Waals surface area contributed by atoms with Gasteiger partial charge in [0.15, 0.2) is 0 Å². The molecule has 0 saturated carbocycles. The van der Waals surface area contributed by atoms with Crippen LogP contribution in [0.4, 0.5) is 26.3 Å². The minimum absolute atomic E-state index is 0.0235. The Hall–Kier alpha value is -9.13. The SMILES string of the molecule is N#Cc1cc(-n2c3ccc(-c4ccccc4)cc3c3cc(-c4ccccc4)ccc32)c(-c2c(C(F)(F)F)cccc2C(F)(F)F)c(-n2c3ccc(-c4ccccc4)cc3c3cc(-c4ccccc4)ccc32)c1. The summed E-state index contributed by atoms with van der Waals surface area (Å²) in [5.41, 5.74) is 4.73. The Morgan fingerprint density at radius 3 is 0.861 bits per heavy atom. The molecular formula is C63H37F6N3. The quantitative estimate of drug-likeness (QED) is 0.147. The molecule has 2 aromatic heterocycles. The lowest BCUT2D eigenvalue weighted by Gasteiger charge is -2.25. The third-order valence-corrected chi connectivity index (χ3v) is 13.6. The lowest BCUT2D eigenvalue weighted by Crippen LogP contribution is -2.16. The van der Waals surface area contributed by atoms with Crippen molar-refractivity contribution in [1.29, 1.82) is 5.26 Å². The summed E-state index contributed by atoms with van der Waals surface area (Å²) in [5, 5.41) is 13.8. The molecule has 0 aliphatic heterocycles. The van der Waals surface area contributed by atoms with Gasteiger partial charge in [-0.15, -0.1) is 0 Å². The highest BCUT2D eigenvalue weighted by Crippen LogP contribution is 2.51. The van der Waals surface area contributed by atoms with E-state index >= 15 is 26.3 Å². The molecule has 3 nitrogen and oxygen atoms in total. The third kappa shape index (κ3) is 7.47. The average molecular weight is 950 g/mol. The molecule has 0 aliphatic rings. The van der Waals surface area contributed by atoms with E-state index in [2.05, 4.69) is 6.07 Å². The van der Waals surface area contributed by atoms with Crippen LogP contribution in [0.25, 0.3) is 111 Å². The second-order valence-electron chi connectivity index (χ2n) is 17.8. The first-order valence-electron chi connectivity index (χ1n) is 23.2. The van der Waals surface area contributed by atoms with Crippen LogP contribution in [0.1, 0.15) is 16.7 Å². The number of benzene rings is 10. The Balaban J connectivity index is 1.26. The zero-order chi connectivity index (χ0) is 49.3. The summed E-state index contributed by atoms with van der Waals surface area (Å²) in [7, 11) is 0. The van der Waals surface area contributed by atoms with E-state index in [1.54, 1.807) is 9.13 Å². The van der Waals surface area contributed by atoms with Crippen LogP contribution in [0, 0.1) is 11.3 Å². The molecule has 0 atom stereocenters. The maximum absolute atomic E-state index is 15.8. The summed E-state index contributed by atoms with van der Waals surface area (Å²) < 4.78 is 98.2. The van der Waals surface area contributed by atoms with Crippen molar-refractivity contribution >= 4 is 43.6 Å². The van der Waals surface area contributed by atoms with Crippen LogP contribution in [0.5, 0.6) is 0 Å².